The van der Waals surface area contributed by atoms with E-state index in [1.54, 1.807) is 18.2 Å². The molecule has 1 saturated heterocycles. The fourth-order valence-corrected chi connectivity index (χ4v) is 7.41. The third kappa shape index (κ3) is 7.88. The summed E-state index contributed by atoms with van der Waals surface area (Å²) in [6, 6.07) is 19.3. The Labute approximate surface area is 288 Å². The molecule has 1 aliphatic carbocycles. The quantitative estimate of drug-likeness (QED) is 0.144. The Balaban J connectivity index is 1.36. The summed E-state index contributed by atoms with van der Waals surface area (Å²) in [5.41, 5.74) is 8.44. The second-order valence-corrected chi connectivity index (χ2v) is 16.2. The maximum Gasteiger partial charge on any atom is 0.458 e. The van der Waals surface area contributed by atoms with Crippen molar-refractivity contribution in [3.8, 4) is 0 Å². The standard InChI is InChI=1S/C37H44BFN2O7S/c1-36(2)37(3,4)48-38(47-36)20-26(23-45-22-25-9-7-6-8-10-25)21-41(49(5,43)44)31-19-32-30(18-29(31)27-13-14-27)34(35(40)42)33(46-32)17-24-11-15-28(39)16-12-24/h6-12,15-16,18-19,26-27H,13-14,17,20-23H2,1-5H3,(H2,40,42). The predicted octanol–water partition coefficient (Wildman–Crippen LogP) is 6.83. The van der Waals surface area contributed by atoms with E-state index >= 15 is 0 Å². The monoisotopic (exact) mass is 690 g/mol. The number of fused-ring (bicyclic) bond motifs is 1. The minimum absolute atomic E-state index is 0.106. The van der Waals surface area contributed by atoms with Crippen LogP contribution in [0, 0.1) is 11.7 Å². The number of halogens is 1. The van der Waals surface area contributed by atoms with E-state index in [4.69, 9.17) is 24.2 Å². The van der Waals surface area contributed by atoms with Crippen molar-refractivity contribution in [1.82, 2.24) is 0 Å². The molecular formula is C37H44BFN2O7S. The Morgan fingerprint density at radius 3 is 2.27 bits per heavy atom. The lowest BCUT2D eigenvalue weighted by Gasteiger charge is -2.32. The molecule has 260 valence electrons. The summed E-state index contributed by atoms with van der Waals surface area (Å²) in [6.45, 7) is 8.70. The van der Waals surface area contributed by atoms with E-state index in [2.05, 4.69) is 0 Å². The number of ether oxygens (including phenoxy) is 1. The molecule has 4 aromatic rings. The van der Waals surface area contributed by atoms with Crippen LogP contribution >= 0.6 is 0 Å². The molecule has 1 unspecified atom stereocenters. The molecule has 0 bridgehead atoms. The molecule has 0 radical (unpaired) electrons. The third-order valence-electron chi connectivity index (χ3n) is 9.84. The average Bonchev–Trinajstić information content (AvgIpc) is 3.76. The molecule has 1 aromatic heterocycles. The Morgan fingerprint density at radius 2 is 1.67 bits per heavy atom. The van der Waals surface area contributed by atoms with Crippen molar-refractivity contribution in [3.63, 3.8) is 0 Å². The molecule has 9 nitrogen and oxygen atoms in total. The smallest absolute Gasteiger partial charge is 0.458 e. The van der Waals surface area contributed by atoms with Crippen LogP contribution in [0.5, 0.6) is 0 Å². The van der Waals surface area contributed by atoms with Crippen LogP contribution in [-0.4, -0.2) is 52.1 Å². The molecule has 6 rings (SSSR count). The number of rotatable bonds is 14. The van der Waals surface area contributed by atoms with Crippen molar-refractivity contribution >= 4 is 39.7 Å². The van der Waals surface area contributed by atoms with Gasteiger partial charge < -0.3 is 24.2 Å². The summed E-state index contributed by atoms with van der Waals surface area (Å²) in [4.78, 5) is 12.8. The number of primary amides is 1. The lowest BCUT2D eigenvalue weighted by molar-refractivity contribution is 0.00578. The van der Waals surface area contributed by atoms with Gasteiger partial charge in [-0.25, -0.2) is 12.8 Å². The summed E-state index contributed by atoms with van der Waals surface area (Å²) in [7, 11) is -4.37. The maximum atomic E-state index is 13.7. The summed E-state index contributed by atoms with van der Waals surface area (Å²) < 4.78 is 67.5. The van der Waals surface area contributed by atoms with Crippen molar-refractivity contribution in [3.05, 3.63) is 101 Å². The van der Waals surface area contributed by atoms with Crippen LogP contribution < -0.4 is 10.0 Å². The van der Waals surface area contributed by atoms with Crippen LogP contribution in [0.3, 0.4) is 0 Å². The lowest BCUT2D eigenvalue weighted by atomic mass is 9.77. The fourth-order valence-electron chi connectivity index (χ4n) is 6.41. The highest BCUT2D eigenvalue weighted by molar-refractivity contribution is 7.92. The number of amides is 1. The normalized spacial score (nSPS) is 17.8. The fraction of sp³-hybridized carbons (Fsp3) is 0.432. The first-order chi connectivity index (χ1) is 23.1. The topological polar surface area (TPSA) is 121 Å². The van der Waals surface area contributed by atoms with Crippen LogP contribution in [0.2, 0.25) is 6.32 Å². The number of hydrogen-bond acceptors (Lipinski definition) is 7. The number of nitrogens with two attached hydrogens (primary N) is 1. The zero-order valence-electron chi connectivity index (χ0n) is 28.7. The predicted molar refractivity (Wildman–Crippen MR) is 189 cm³/mol. The highest BCUT2D eigenvalue weighted by atomic mass is 32.2. The second-order valence-electron chi connectivity index (χ2n) is 14.3. The van der Waals surface area contributed by atoms with E-state index in [0.29, 0.717) is 35.3 Å². The minimum atomic E-state index is -3.81. The van der Waals surface area contributed by atoms with Gasteiger partial charge in [-0.1, -0.05) is 42.5 Å². The van der Waals surface area contributed by atoms with E-state index in [1.807, 2.05) is 64.1 Å². The van der Waals surface area contributed by atoms with Crippen molar-refractivity contribution in [1.29, 1.82) is 0 Å². The average molecular weight is 691 g/mol. The minimum Gasteiger partial charge on any atom is -0.460 e. The van der Waals surface area contributed by atoms with Crippen LogP contribution in [0.15, 0.2) is 71.1 Å². The van der Waals surface area contributed by atoms with Crippen LogP contribution in [0.25, 0.3) is 11.0 Å². The molecule has 1 amide bonds. The van der Waals surface area contributed by atoms with Crippen molar-refractivity contribution in [2.24, 2.45) is 11.7 Å². The Morgan fingerprint density at radius 1 is 1.02 bits per heavy atom. The number of hydrogen-bond donors (Lipinski definition) is 1. The highest BCUT2D eigenvalue weighted by Gasteiger charge is 2.51. The molecule has 49 heavy (non-hydrogen) atoms. The maximum absolute atomic E-state index is 13.7. The van der Waals surface area contributed by atoms with Gasteiger partial charge in [-0.3, -0.25) is 9.10 Å². The molecule has 0 spiro atoms. The van der Waals surface area contributed by atoms with E-state index in [9.17, 15) is 17.6 Å². The first-order valence-corrected chi connectivity index (χ1v) is 18.5. The summed E-state index contributed by atoms with van der Waals surface area (Å²) in [6.07, 6.45) is 3.59. The Bertz CT molecular complexity index is 1910. The number of carbonyl (C=O) groups is 1. The van der Waals surface area contributed by atoms with Crippen LogP contribution in [0.4, 0.5) is 10.1 Å². The molecule has 12 heteroatoms. The van der Waals surface area contributed by atoms with Gasteiger partial charge >= 0.3 is 7.12 Å². The van der Waals surface area contributed by atoms with Gasteiger partial charge in [0, 0.05) is 24.4 Å². The number of anilines is 1. The van der Waals surface area contributed by atoms with Crippen molar-refractivity contribution in [2.75, 3.05) is 23.7 Å². The van der Waals surface area contributed by atoms with E-state index in [-0.39, 0.29) is 42.8 Å². The van der Waals surface area contributed by atoms with E-state index in [1.165, 1.54) is 22.7 Å². The molecule has 2 fully saturated rings. The van der Waals surface area contributed by atoms with Crippen molar-refractivity contribution < 1.29 is 36.1 Å². The van der Waals surface area contributed by atoms with Gasteiger partial charge in [-0.2, -0.15) is 0 Å². The zero-order valence-corrected chi connectivity index (χ0v) is 29.5. The second kappa shape index (κ2) is 13.5. The summed E-state index contributed by atoms with van der Waals surface area (Å²) in [5, 5.41) is 0.531. The van der Waals surface area contributed by atoms with Gasteiger partial charge in [-0.05, 0) is 93.6 Å². The molecular weight excluding hydrogens is 646 g/mol. The van der Waals surface area contributed by atoms with E-state index < -0.39 is 34.3 Å². The summed E-state index contributed by atoms with van der Waals surface area (Å²) in [5.74, 6) is -0.862. The number of sulfonamides is 1. The van der Waals surface area contributed by atoms with Crippen molar-refractivity contribution in [2.45, 2.75) is 77.0 Å². The Kier molecular flexibility index (Phi) is 9.71. The molecule has 1 aliphatic heterocycles. The Hall–Kier alpha value is -3.71. The van der Waals surface area contributed by atoms with Gasteiger partial charge in [0.1, 0.15) is 17.2 Å². The highest BCUT2D eigenvalue weighted by Crippen LogP contribution is 2.48. The largest absolute Gasteiger partial charge is 0.460 e. The van der Waals surface area contributed by atoms with Gasteiger partial charge in [-0.15, -0.1) is 0 Å². The van der Waals surface area contributed by atoms with Gasteiger partial charge in [0.05, 0.1) is 41.9 Å². The van der Waals surface area contributed by atoms with E-state index in [0.717, 1.165) is 29.5 Å². The molecule has 2 heterocycles. The first kappa shape index (κ1) is 35.1. The zero-order chi connectivity index (χ0) is 35.1. The number of benzene rings is 3. The first-order valence-electron chi connectivity index (χ1n) is 16.7. The molecule has 1 atom stereocenters. The van der Waals surface area contributed by atoms with Crippen LogP contribution in [-0.2, 0) is 37.1 Å². The molecule has 2 N–H and O–H groups in total. The van der Waals surface area contributed by atoms with Gasteiger partial charge in [0.2, 0.25) is 10.0 Å². The molecule has 2 aliphatic rings. The SMILES string of the molecule is CC1(C)OB(CC(COCc2ccccc2)CN(c2cc3oc(Cc4ccc(F)cc4)c(C(N)=O)c3cc2C2CC2)S(C)(=O)=O)OC1(C)C. The van der Waals surface area contributed by atoms with Gasteiger partial charge in [0.25, 0.3) is 5.91 Å². The number of nitrogens with zero attached hydrogens (tertiary/aromatic N) is 1. The molecule has 1 saturated carbocycles. The number of carbonyl (C=O) groups excluding carboxylic acids is 1. The third-order valence-corrected chi connectivity index (χ3v) is 11.0. The number of furan rings is 1. The lowest BCUT2D eigenvalue weighted by Crippen LogP contribution is -2.41. The van der Waals surface area contributed by atoms with Crippen LogP contribution in [0.1, 0.15) is 79.3 Å². The molecule has 3 aromatic carbocycles. The summed E-state index contributed by atoms with van der Waals surface area (Å²) >= 11 is 0. The van der Waals surface area contributed by atoms with Gasteiger partial charge in [0.15, 0.2) is 0 Å².